The number of carbonyl (C=O) groups excluding carboxylic acids is 1. The van der Waals surface area contributed by atoms with Crippen molar-refractivity contribution in [3.63, 3.8) is 0 Å². The largest absolute Gasteiger partial charge is 0.362 e. The number of para-hydroxylation sites is 1. The zero-order valence-corrected chi connectivity index (χ0v) is 16.1. The first-order chi connectivity index (χ1) is 13.6. The molecule has 142 valence electrons. The molecule has 0 fully saturated rings. The van der Waals surface area contributed by atoms with Crippen molar-refractivity contribution in [2.75, 3.05) is 19.0 Å². The minimum Gasteiger partial charge on any atom is -0.362 e. The van der Waals surface area contributed by atoms with Crippen LogP contribution in [0.5, 0.6) is 0 Å². The Hall–Kier alpha value is -3.59. The summed E-state index contributed by atoms with van der Waals surface area (Å²) in [7, 11) is 3.85. The predicted molar refractivity (Wildman–Crippen MR) is 112 cm³/mol. The van der Waals surface area contributed by atoms with Gasteiger partial charge >= 0.3 is 0 Å². The molecule has 3 rings (SSSR count). The van der Waals surface area contributed by atoms with E-state index < -0.39 is 0 Å². The monoisotopic (exact) mass is 373 g/mol. The van der Waals surface area contributed by atoms with Gasteiger partial charge in [-0.05, 0) is 18.2 Å². The van der Waals surface area contributed by atoms with Gasteiger partial charge < -0.3 is 14.8 Å². The summed E-state index contributed by atoms with van der Waals surface area (Å²) in [5.74, 6) is 0.676. The maximum Gasteiger partial charge on any atom is 0.244 e. The van der Waals surface area contributed by atoms with Crippen molar-refractivity contribution < 1.29 is 4.79 Å². The molecule has 0 saturated carbocycles. The molecule has 3 aromatic rings. The van der Waals surface area contributed by atoms with Gasteiger partial charge in [-0.2, -0.15) is 5.26 Å². The van der Waals surface area contributed by atoms with E-state index in [0.717, 1.165) is 27.8 Å². The Balaban J connectivity index is 1.72. The summed E-state index contributed by atoms with van der Waals surface area (Å²) in [4.78, 5) is 18.6. The molecule has 2 aromatic heterocycles. The normalized spacial score (nSPS) is 10.9. The first-order valence-electron chi connectivity index (χ1n) is 9.12. The third-order valence-corrected chi connectivity index (χ3v) is 4.44. The fourth-order valence-corrected chi connectivity index (χ4v) is 3.14. The van der Waals surface area contributed by atoms with E-state index in [2.05, 4.69) is 20.9 Å². The Bertz CT molecular complexity index is 1040. The van der Waals surface area contributed by atoms with Gasteiger partial charge in [0.2, 0.25) is 5.91 Å². The average Bonchev–Trinajstić information content (AvgIpc) is 3.07. The summed E-state index contributed by atoms with van der Waals surface area (Å²) in [6.07, 6.45) is 7.53. The van der Waals surface area contributed by atoms with E-state index in [1.54, 1.807) is 12.3 Å². The number of anilines is 1. The molecule has 0 aliphatic heterocycles. The van der Waals surface area contributed by atoms with Crippen molar-refractivity contribution in [1.29, 1.82) is 5.26 Å². The quantitative estimate of drug-likeness (QED) is 0.645. The van der Waals surface area contributed by atoms with Crippen LogP contribution in [0.1, 0.15) is 17.5 Å². The Morgan fingerprint density at radius 2 is 2.11 bits per heavy atom. The van der Waals surface area contributed by atoms with Crippen LogP contribution in [0.2, 0.25) is 0 Å². The third kappa shape index (κ3) is 4.38. The molecular formula is C22H23N5O. The lowest BCUT2D eigenvalue weighted by molar-refractivity contribution is -0.116. The average molecular weight is 373 g/mol. The molecule has 0 radical (unpaired) electrons. The second-order valence-electron chi connectivity index (χ2n) is 6.63. The predicted octanol–water partition coefficient (Wildman–Crippen LogP) is 3.35. The summed E-state index contributed by atoms with van der Waals surface area (Å²) in [6.45, 7) is 1.04. The van der Waals surface area contributed by atoms with E-state index in [4.69, 9.17) is 5.26 Å². The summed E-state index contributed by atoms with van der Waals surface area (Å²) in [5, 5.41) is 12.8. The van der Waals surface area contributed by atoms with Crippen LogP contribution in [0.4, 0.5) is 5.82 Å². The number of benzene rings is 1. The number of nitrogens with one attached hydrogen (secondary N) is 1. The molecule has 0 atom stereocenters. The highest BCUT2D eigenvalue weighted by molar-refractivity contribution is 5.96. The van der Waals surface area contributed by atoms with Gasteiger partial charge in [0.1, 0.15) is 5.82 Å². The van der Waals surface area contributed by atoms with E-state index in [0.29, 0.717) is 19.5 Å². The first-order valence-corrected chi connectivity index (χ1v) is 9.12. The molecule has 0 spiro atoms. The van der Waals surface area contributed by atoms with Gasteiger partial charge in [0.15, 0.2) is 0 Å². The number of fused-ring (bicyclic) bond motifs is 1. The Morgan fingerprint density at radius 3 is 2.89 bits per heavy atom. The topological polar surface area (TPSA) is 74.0 Å². The number of nitriles is 1. The van der Waals surface area contributed by atoms with Crippen LogP contribution in [0, 0.1) is 11.3 Å². The van der Waals surface area contributed by atoms with Crippen LogP contribution in [0.25, 0.3) is 17.0 Å². The number of carbonyl (C=O) groups is 1. The second kappa shape index (κ2) is 8.87. The zero-order valence-electron chi connectivity index (χ0n) is 16.1. The molecule has 1 N–H and O–H groups in total. The molecule has 2 heterocycles. The molecule has 6 heteroatoms. The lowest BCUT2D eigenvalue weighted by atomic mass is 10.1. The summed E-state index contributed by atoms with van der Waals surface area (Å²) in [6, 6.07) is 14.0. The number of hydrogen-bond donors (Lipinski definition) is 1. The molecule has 0 bridgehead atoms. The standard InChI is InChI=1S/C22H23N5O/c1-26(2)22-17(7-5-13-24-22)15-25-21(28)11-10-18-16-27(14-6-12-23)20-9-4-3-8-19(18)20/h3-5,7-11,13,16H,6,14-15H2,1-2H3,(H,25,28). The van der Waals surface area contributed by atoms with E-state index in [-0.39, 0.29) is 5.91 Å². The van der Waals surface area contributed by atoms with Crippen molar-refractivity contribution in [2.45, 2.75) is 19.5 Å². The van der Waals surface area contributed by atoms with Gasteiger partial charge in [-0.15, -0.1) is 0 Å². The van der Waals surface area contributed by atoms with Gasteiger partial charge in [-0.1, -0.05) is 24.3 Å². The number of aryl methyl sites for hydroxylation is 1. The zero-order chi connectivity index (χ0) is 19.9. The van der Waals surface area contributed by atoms with Crippen LogP contribution in [-0.4, -0.2) is 29.6 Å². The lowest BCUT2D eigenvalue weighted by Gasteiger charge is -2.15. The highest BCUT2D eigenvalue weighted by Gasteiger charge is 2.08. The fraction of sp³-hybridized carbons (Fsp3) is 0.227. The van der Waals surface area contributed by atoms with Crippen molar-refractivity contribution in [3.05, 3.63) is 66.0 Å². The number of amides is 1. The van der Waals surface area contributed by atoms with Gasteiger partial charge in [-0.3, -0.25) is 4.79 Å². The van der Waals surface area contributed by atoms with Crippen molar-refractivity contribution >= 4 is 28.7 Å². The van der Waals surface area contributed by atoms with Crippen LogP contribution in [0.15, 0.2) is 54.9 Å². The lowest BCUT2D eigenvalue weighted by Crippen LogP contribution is -2.22. The first kappa shape index (κ1) is 19.2. The molecule has 0 aliphatic rings. The SMILES string of the molecule is CN(C)c1ncccc1CNC(=O)C=Cc1cn(CCC#N)c2ccccc12. The fourth-order valence-electron chi connectivity index (χ4n) is 3.14. The molecule has 0 saturated heterocycles. The van der Waals surface area contributed by atoms with Crippen molar-refractivity contribution in [3.8, 4) is 6.07 Å². The molecule has 1 aromatic carbocycles. The minimum atomic E-state index is -0.164. The molecule has 1 amide bonds. The van der Waals surface area contributed by atoms with Gasteiger partial charge in [0.25, 0.3) is 0 Å². The van der Waals surface area contributed by atoms with E-state index in [9.17, 15) is 4.79 Å². The van der Waals surface area contributed by atoms with E-state index >= 15 is 0 Å². The second-order valence-corrected chi connectivity index (χ2v) is 6.63. The molecule has 0 unspecified atom stereocenters. The maximum absolute atomic E-state index is 12.3. The van der Waals surface area contributed by atoms with E-state index in [1.807, 2.05) is 67.7 Å². The number of rotatable bonds is 7. The van der Waals surface area contributed by atoms with Crippen molar-refractivity contribution in [1.82, 2.24) is 14.9 Å². The molecule has 6 nitrogen and oxygen atoms in total. The van der Waals surface area contributed by atoms with Crippen LogP contribution >= 0.6 is 0 Å². The summed E-state index contributed by atoms with van der Waals surface area (Å²) < 4.78 is 2.05. The van der Waals surface area contributed by atoms with E-state index in [1.165, 1.54) is 0 Å². The third-order valence-electron chi connectivity index (χ3n) is 4.44. The number of nitrogens with zero attached hydrogens (tertiary/aromatic N) is 4. The Labute approximate surface area is 164 Å². The smallest absolute Gasteiger partial charge is 0.244 e. The minimum absolute atomic E-state index is 0.164. The van der Waals surface area contributed by atoms with Crippen LogP contribution in [-0.2, 0) is 17.9 Å². The highest BCUT2D eigenvalue weighted by Crippen LogP contribution is 2.23. The molecular weight excluding hydrogens is 350 g/mol. The summed E-state index contributed by atoms with van der Waals surface area (Å²) >= 11 is 0. The Kier molecular flexibility index (Phi) is 6.07. The number of pyridine rings is 1. The highest BCUT2D eigenvalue weighted by atomic mass is 16.1. The van der Waals surface area contributed by atoms with Gasteiger partial charge in [-0.25, -0.2) is 4.98 Å². The number of hydrogen-bond acceptors (Lipinski definition) is 4. The maximum atomic E-state index is 12.3. The molecule has 0 aliphatic carbocycles. The van der Waals surface area contributed by atoms with Crippen molar-refractivity contribution in [2.24, 2.45) is 0 Å². The van der Waals surface area contributed by atoms with Crippen LogP contribution in [0.3, 0.4) is 0 Å². The van der Waals surface area contributed by atoms with Crippen LogP contribution < -0.4 is 10.2 Å². The van der Waals surface area contributed by atoms with Gasteiger partial charge in [0.05, 0.1) is 12.5 Å². The number of aromatic nitrogens is 2. The molecule has 28 heavy (non-hydrogen) atoms. The van der Waals surface area contributed by atoms with Gasteiger partial charge in [0, 0.05) is 67.7 Å². The Morgan fingerprint density at radius 1 is 1.29 bits per heavy atom. The summed E-state index contributed by atoms with van der Waals surface area (Å²) in [5.41, 5.74) is 2.98.